The number of halogens is 1. The van der Waals surface area contributed by atoms with Crippen molar-refractivity contribution in [2.24, 2.45) is 0 Å². The van der Waals surface area contributed by atoms with Crippen LogP contribution in [0.1, 0.15) is 28.4 Å². The molecule has 3 N–H and O–H groups in total. The fraction of sp³-hybridized carbons (Fsp3) is 0.130. The van der Waals surface area contributed by atoms with Gasteiger partial charge in [-0.05, 0) is 66.6 Å². The molecule has 2 amide bonds. The van der Waals surface area contributed by atoms with Crippen molar-refractivity contribution in [2.75, 3.05) is 10.6 Å². The minimum absolute atomic E-state index is 0.0181. The molecule has 166 valence electrons. The van der Waals surface area contributed by atoms with Crippen molar-refractivity contribution in [1.82, 2.24) is 4.72 Å². The van der Waals surface area contributed by atoms with Crippen LogP contribution in [0.2, 0.25) is 0 Å². The summed E-state index contributed by atoms with van der Waals surface area (Å²) in [6.45, 7) is 3.13. The summed E-state index contributed by atoms with van der Waals surface area (Å²) in [6.07, 6.45) is 0. The van der Waals surface area contributed by atoms with E-state index in [1.165, 1.54) is 55.5 Å². The molecule has 3 aromatic rings. The Labute approximate surface area is 185 Å². The first-order valence-corrected chi connectivity index (χ1v) is 11.2. The largest absolute Gasteiger partial charge is 0.326 e. The number of benzene rings is 3. The van der Waals surface area contributed by atoms with Crippen molar-refractivity contribution in [1.29, 1.82) is 0 Å². The first kappa shape index (κ1) is 23.1. The molecule has 32 heavy (non-hydrogen) atoms. The highest BCUT2D eigenvalue weighted by Crippen LogP contribution is 2.17. The molecule has 0 fully saturated rings. The second kappa shape index (κ2) is 9.71. The molecule has 0 atom stereocenters. The zero-order valence-electron chi connectivity index (χ0n) is 17.5. The van der Waals surface area contributed by atoms with E-state index in [1.54, 1.807) is 25.1 Å². The Balaban J connectivity index is 1.61. The van der Waals surface area contributed by atoms with E-state index < -0.39 is 21.7 Å². The molecule has 0 aliphatic rings. The molecule has 7 nitrogen and oxygen atoms in total. The smallest absolute Gasteiger partial charge is 0.255 e. The van der Waals surface area contributed by atoms with Gasteiger partial charge in [-0.25, -0.2) is 17.5 Å². The summed E-state index contributed by atoms with van der Waals surface area (Å²) in [5.41, 5.74) is 2.28. The fourth-order valence-corrected chi connectivity index (χ4v) is 3.89. The topological polar surface area (TPSA) is 104 Å². The van der Waals surface area contributed by atoms with Crippen LogP contribution in [0.15, 0.2) is 71.6 Å². The Morgan fingerprint density at radius 3 is 2.16 bits per heavy atom. The van der Waals surface area contributed by atoms with E-state index >= 15 is 0 Å². The van der Waals surface area contributed by atoms with E-state index in [2.05, 4.69) is 15.4 Å². The summed E-state index contributed by atoms with van der Waals surface area (Å²) in [6, 6.07) is 16.6. The van der Waals surface area contributed by atoms with Gasteiger partial charge in [0.25, 0.3) is 5.91 Å². The summed E-state index contributed by atoms with van der Waals surface area (Å²) in [7, 11) is -3.76. The highest BCUT2D eigenvalue weighted by molar-refractivity contribution is 7.89. The number of aryl methyl sites for hydroxylation is 1. The second-order valence-electron chi connectivity index (χ2n) is 7.16. The number of sulfonamides is 1. The Hall–Kier alpha value is -3.56. The van der Waals surface area contributed by atoms with Crippen LogP contribution >= 0.6 is 0 Å². The van der Waals surface area contributed by atoms with Gasteiger partial charge >= 0.3 is 0 Å². The monoisotopic (exact) mass is 455 g/mol. The average molecular weight is 456 g/mol. The second-order valence-corrected chi connectivity index (χ2v) is 8.93. The summed E-state index contributed by atoms with van der Waals surface area (Å²) < 4.78 is 41.4. The standard InChI is InChI=1S/C23H22FN3O4S/c1-15-3-12-22(21(24)13-15)27-23(29)18-6-4-17(5-7-18)14-25-32(30,31)20-10-8-19(9-11-20)26-16(2)28/h3-13,25H,14H2,1-2H3,(H,26,28)(H,27,29). The lowest BCUT2D eigenvalue weighted by atomic mass is 10.1. The first-order chi connectivity index (χ1) is 15.1. The summed E-state index contributed by atoms with van der Waals surface area (Å²) in [5.74, 6) is -1.24. The van der Waals surface area contributed by atoms with Gasteiger partial charge in [0.2, 0.25) is 15.9 Å². The molecule has 0 spiro atoms. The van der Waals surface area contributed by atoms with Crippen molar-refractivity contribution >= 4 is 33.2 Å². The van der Waals surface area contributed by atoms with Crippen LogP contribution in [-0.4, -0.2) is 20.2 Å². The van der Waals surface area contributed by atoms with Crippen LogP contribution in [0.3, 0.4) is 0 Å². The predicted octanol–water partition coefficient (Wildman–Crippen LogP) is 3.82. The van der Waals surface area contributed by atoms with Gasteiger partial charge in [0.05, 0.1) is 10.6 Å². The Bertz CT molecular complexity index is 1240. The van der Waals surface area contributed by atoms with Gasteiger partial charge in [-0.15, -0.1) is 0 Å². The molecule has 0 aliphatic carbocycles. The maximum atomic E-state index is 13.9. The van der Waals surface area contributed by atoms with Gasteiger partial charge < -0.3 is 10.6 Å². The molecule has 0 radical (unpaired) electrons. The SMILES string of the molecule is CC(=O)Nc1ccc(S(=O)(=O)NCc2ccc(C(=O)Nc3ccc(C)cc3F)cc2)cc1. The van der Waals surface area contributed by atoms with Gasteiger partial charge in [0, 0.05) is 24.7 Å². The minimum Gasteiger partial charge on any atom is -0.326 e. The van der Waals surface area contributed by atoms with Crippen LogP contribution in [0.25, 0.3) is 0 Å². The molecule has 0 bridgehead atoms. The normalized spacial score (nSPS) is 11.1. The molecule has 0 aliphatic heterocycles. The first-order valence-electron chi connectivity index (χ1n) is 9.68. The molecule has 9 heteroatoms. The van der Waals surface area contributed by atoms with Crippen LogP contribution in [0.4, 0.5) is 15.8 Å². The molecular formula is C23H22FN3O4S. The van der Waals surface area contributed by atoms with E-state index in [-0.39, 0.29) is 23.0 Å². The lowest BCUT2D eigenvalue weighted by Crippen LogP contribution is -2.23. The number of hydrogen-bond donors (Lipinski definition) is 3. The molecule has 0 aromatic heterocycles. The summed E-state index contributed by atoms with van der Waals surface area (Å²) in [5, 5.41) is 5.08. The van der Waals surface area contributed by atoms with Crippen LogP contribution < -0.4 is 15.4 Å². The average Bonchev–Trinajstić information content (AvgIpc) is 2.74. The zero-order valence-corrected chi connectivity index (χ0v) is 18.3. The third kappa shape index (κ3) is 5.99. The lowest BCUT2D eigenvalue weighted by molar-refractivity contribution is -0.114. The molecule has 3 rings (SSSR count). The number of rotatable bonds is 7. The quantitative estimate of drug-likeness (QED) is 0.504. The maximum Gasteiger partial charge on any atom is 0.255 e. The zero-order chi connectivity index (χ0) is 23.3. The van der Waals surface area contributed by atoms with Crippen LogP contribution in [0, 0.1) is 12.7 Å². The van der Waals surface area contributed by atoms with Gasteiger partial charge in [-0.2, -0.15) is 0 Å². The van der Waals surface area contributed by atoms with Gasteiger partial charge in [-0.1, -0.05) is 18.2 Å². The molecular weight excluding hydrogens is 433 g/mol. The third-order valence-electron chi connectivity index (χ3n) is 4.54. The van der Waals surface area contributed by atoms with Crippen molar-refractivity contribution < 1.29 is 22.4 Å². The highest BCUT2D eigenvalue weighted by Gasteiger charge is 2.14. The summed E-state index contributed by atoms with van der Waals surface area (Å²) in [4.78, 5) is 23.5. The molecule has 0 saturated carbocycles. The van der Waals surface area contributed by atoms with Crippen molar-refractivity contribution in [3.63, 3.8) is 0 Å². The predicted molar refractivity (Wildman–Crippen MR) is 120 cm³/mol. The number of nitrogens with one attached hydrogen (secondary N) is 3. The number of carbonyl (C=O) groups excluding carboxylic acids is 2. The Morgan fingerprint density at radius 1 is 0.906 bits per heavy atom. The molecule has 3 aromatic carbocycles. The van der Waals surface area contributed by atoms with E-state index in [0.29, 0.717) is 16.8 Å². The highest BCUT2D eigenvalue weighted by atomic mass is 32.2. The third-order valence-corrected chi connectivity index (χ3v) is 5.96. The maximum absolute atomic E-state index is 13.9. The number of carbonyl (C=O) groups is 2. The Morgan fingerprint density at radius 2 is 1.56 bits per heavy atom. The van der Waals surface area contributed by atoms with Gasteiger partial charge in [-0.3, -0.25) is 9.59 Å². The minimum atomic E-state index is -3.76. The van der Waals surface area contributed by atoms with Crippen LogP contribution in [-0.2, 0) is 21.4 Å². The number of amides is 2. The molecule has 0 saturated heterocycles. The number of hydrogen-bond acceptors (Lipinski definition) is 4. The van der Waals surface area contributed by atoms with Gasteiger partial charge in [0.1, 0.15) is 5.82 Å². The van der Waals surface area contributed by atoms with Crippen LogP contribution in [0.5, 0.6) is 0 Å². The van der Waals surface area contributed by atoms with Crippen molar-refractivity contribution in [3.05, 3.63) is 89.2 Å². The van der Waals surface area contributed by atoms with Crippen molar-refractivity contribution in [2.45, 2.75) is 25.3 Å². The van der Waals surface area contributed by atoms with E-state index in [9.17, 15) is 22.4 Å². The number of anilines is 2. The molecule has 0 unspecified atom stereocenters. The fourth-order valence-electron chi connectivity index (χ4n) is 2.87. The van der Waals surface area contributed by atoms with Crippen molar-refractivity contribution in [3.8, 4) is 0 Å². The van der Waals surface area contributed by atoms with Gasteiger partial charge in [0.15, 0.2) is 0 Å². The summed E-state index contributed by atoms with van der Waals surface area (Å²) >= 11 is 0. The van der Waals surface area contributed by atoms with E-state index in [0.717, 1.165) is 5.56 Å². The Kier molecular flexibility index (Phi) is 7.01. The van der Waals surface area contributed by atoms with E-state index in [4.69, 9.17) is 0 Å². The molecule has 0 heterocycles. The lowest BCUT2D eigenvalue weighted by Gasteiger charge is -2.10. The van der Waals surface area contributed by atoms with E-state index in [1.807, 2.05) is 0 Å².